The van der Waals surface area contributed by atoms with Crippen LogP contribution in [0.15, 0.2) is 36.5 Å². The summed E-state index contributed by atoms with van der Waals surface area (Å²) in [5.74, 6) is 0.0183. The van der Waals surface area contributed by atoms with Crippen molar-refractivity contribution < 1.29 is 50.4 Å². The number of pyridine rings is 1. The predicted octanol–water partition coefficient (Wildman–Crippen LogP) is 4.82. The van der Waals surface area contributed by atoms with E-state index in [1.807, 2.05) is 0 Å². The van der Waals surface area contributed by atoms with Gasteiger partial charge in [-0.3, -0.25) is 0 Å². The topological polar surface area (TPSA) is 137 Å². The average Bonchev–Trinajstić information content (AvgIpc) is 2.85. The quantitative estimate of drug-likeness (QED) is 0.272. The first-order valence-electron chi connectivity index (χ1n) is 11.7. The SMILES string of the molecule is COCCOc1ccc(/C=C/CN(C(=O)O)S(=O)(=O)NCCOC(C)C)c(Oc2ncc(C(F)(F)F)cc2Cl)c1. The molecule has 0 saturated carbocycles. The van der Waals surface area contributed by atoms with Crippen LogP contribution in [0.1, 0.15) is 25.0 Å². The molecule has 2 N–H and O–H groups in total. The van der Waals surface area contributed by atoms with Gasteiger partial charge in [0.2, 0.25) is 5.88 Å². The Kier molecular flexibility index (Phi) is 12.4. The fraction of sp³-hybridized carbons (Fsp3) is 0.417. The van der Waals surface area contributed by atoms with Crippen molar-refractivity contribution >= 4 is 34.0 Å². The molecule has 0 radical (unpaired) electrons. The first kappa shape index (κ1) is 33.1. The Bertz CT molecular complexity index is 1280. The molecule has 2 aromatic rings. The Morgan fingerprint density at radius 3 is 2.55 bits per heavy atom. The van der Waals surface area contributed by atoms with Crippen LogP contribution in [0.4, 0.5) is 18.0 Å². The summed E-state index contributed by atoms with van der Waals surface area (Å²) in [7, 11) is -2.92. The van der Waals surface area contributed by atoms with Crippen LogP contribution in [-0.2, 0) is 25.9 Å². The Labute approximate surface area is 234 Å². The number of methoxy groups -OCH3 is 1. The van der Waals surface area contributed by atoms with Crippen molar-refractivity contribution in [3.8, 4) is 17.4 Å². The van der Waals surface area contributed by atoms with Crippen LogP contribution >= 0.6 is 11.6 Å². The molecule has 0 spiro atoms. The number of aromatic nitrogens is 1. The third kappa shape index (κ3) is 10.5. The van der Waals surface area contributed by atoms with Gasteiger partial charge in [0.1, 0.15) is 23.1 Å². The smallest absolute Gasteiger partial charge is 0.422 e. The third-order valence-electron chi connectivity index (χ3n) is 4.79. The molecule has 0 bridgehead atoms. The summed E-state index contributed by atoms with van der Waals surface area (Å²) in [6.45, 7) is 3.33. The third-order valence-corrected chi connectivity index (χ3v) is 6.52. The van der Waals surface area contributed by atoms with Gasteiger partial charge in [0.15, 0.2) is 0 Å². The lowest BCUT2D eigenvalue weighted by Gasteiger charge is -2.18. The largest absolute Gasteiger partial charge is 0.491 e. The molecule has 0 aliphatic carbocycles. The van der Waals surface area contributed by atoms with E-state index in [0.29, 0.717) is 18.0 Å². The summed E-state index contributed by atoms with van der Waals surface area (Å²) in [5.41, 5.74) is -0.779. The van der Waals surface area contributed by atoms with Gasteiger partial charge in [0, 0.05) is 31.5 Å². The van der Waals surface area contributed by atoms with E-state index >= 15 is 0 Å². The predicted molar refractivity (Wildman–Crippen MR) is 140 cm³/mol. The zero-order valence-corrected chi connectivity index (χ0v) is 23.3. The highest BCUT2D eigenvalue weighted by molar-refractivity contribution is 7.87. The van der Waals surface area contributed by atoms with Crippen LogP contribution in [0.5, 0.6) is 17.4 Å². The van der Waals surface area contributed by atoms with Crippen molar-refractivity contribution in [2.75, 3.05) is 40.0 Å². The van der Waals surface area contributed by atoms with Crippen molar-refractivity contribution in [2.24, 2.45) is 0 Å². The summed E-state index contributed by atoms with van der Waals surface area (Å²) in [6, 6.07) is 5.12. The first-order valence-corrected chi connectivity index (χ1v) is 13.5. The lowest BCUT2D eigenvalue weighted by Crippen LogP contribution is -2.44. The second kappa shape index (κ2) is 15.0. The minimum absolute atomic E-state index is 0.0361. The van der Waals surface area contributed by atoms with Gasteiger partial charge in [-0.2, -0.15) is 30.6 Å². The van der Waals surface area contributed by atoms with Crippen LogP contribution in [0, 0.1) is 0 Å². The van der Waals surface area contributed by atoms with Crippen molar-refractivity contribution in [3.05, 3.63) is 52.7 Å². The lowest BCUT2D eigenvalue weighted by molar-refractivity contribution is -0.137. The molecule has 40 heavy (non-hydrogen) atoms. The molecular formula is C24H29ClF3N3O8S. The second-order valence-corrected chi connectivity index (χ2v) is 10.3. The van der Waals surface area contributed by atoms with Gasteiger partial charge in [-0.25, -0.2) is 9.78 Å². The van der Waals surface area contributed by atoms with E-state index in [9.17, 15) is 31.5 Å². The normalized spacial score (nSPS) is 12.2. The monoisotopic (exact) mass is 611 g/mol. The number of carboxylic acid groups (broad SMARTS) is 1. The highest BCUT2D eigenvalue weighted by atomic mass is 35.5. The van der Waals surface area contributed by atoms with E-state index in [4.69, 9.17) is 30.5 Å². The fourth-order valence-corrected chi connectivity index (χ4v) is 4.12. The van der Waals surface area contributed by atoms with Gasteiger partial charge in [-0.1, -0.05) is 23.8 Å². The standard InChI is InChI=1S/C24H29ClF3N3O8S/c1-16(2)37-10-8-30-40(34,35)31(23(32)33)9-4-5-17-6-7-19(38-12-11-36-3)14-21(17)39-22-20(25)13-18(15-29-22)24(26,27)28/h4-7,13-16,30H,8-12H2,1-3H3,(H,32,33)/b5-4+. The number of alkyl halides is 3. The summed E-state index contributed by atoms with van der Waals surface area (Å²) >= 11 is 5.97. The van der Waals surface area contributed by atoms with E-state index in [2.05, 4.69) is 9.71 Å². The number of carbonyl (C=O) groups is 1. The molecule has 2 rings (SSSR count). The van der Waals surface area contributed by atoms with Crippen LogP contribution in [0.25, 0.3) is 6.08 Å². The molecule has 0 aliphatic rings. The molecule has 16 heteroatoms. The molecule has 1 aromatic heterocycles. The molecule has 222 valence electrons. The van der Waals surface area contributed by atoms with Gasteiger partial charge in [0.25, 0.3) is 0 Å². The highest BCUT2D eigenvalue weighted by Crippen LogP contribution is 2.36. The molecule has 0 aliphatic heterocycles. The summed E-state index contributed by atoms with van der Waals surface area (Å²) in [4.78, 5) is 15.3. The van der Waals surface area contributed by atoms with Gasteiger partial charge >= 0.3 is 22.5 Å². The summed E-state index contributed by atoms with van der Waals surface area (Å²) in [5, 5.41) is 9.03. The van der Waals surface area contributed by atoms with Crippen LogP contribution in [0.3, 0.4) is 0 Å². The van der Waals surface area contributed by atoms with E-state index in [1.165, 1.54) is 31.4 Å². The van der Waals surface area contributed by atoms with Gasteiger partial charge in [0.05, 0.1) is 31.4 Å². The Balaban J connectivity index is 2.29. The maximum Gasteiger partial charge on any atom is 0.422 e. The van der Waals surface area contributed by atoms with E-state index in [0.717, 1.165) is 0 Å². The summed E-state index contributed by atoms with van der Waals surface area (Å²) in [6.07, 6.45) is -3.35. The minimum Gasteiger partial charge on any atom is -0.491 e. The van der Waals surface area contributed by atoms with Crippen molar-refractivity contribution in [1.82, 2.24) is 14.0 Å². The van der Waals surface area contributed by atoms with Gasteiger partial charge < -0.3 is 24.1 Å². The maximum absolute atomic E-state index is 13.0. The number of benzene rings is 1. The zero-order valence-electron chi connectivity index (χ0n) is 21.8. The number of nitrogens with one attached hydrogen (secondary N) is 1. The molecule has 0 unspecified atom stereocenters. The average molecular weight is 612 g/mol. The minimum atomic E-state index is -4.66. The van der Waals surface area contributed by atoms with Gasteiger partial charge in [-0.15, -0.1) is 0 Å². The molecule has 0 saturated heterocycles. The molecular weight excluding hydrogens is 583 g/mol. The Morgan fingerprint density at radius 2 is 1.95 bits per heavy atom. The first-order chi connectivity index (χ1) is 18.7. The Hall–Kier alpha value is -3.11. The molecule has 1 aromatic carbocycles. The van der Waals surface area contributed by atoms with Crippen molar-refractivity contribution in [3.63, 3.8) is 0 Å². The number of amides is 1. The summed E-state index contributed by atoms with van der Waals surface area (Å²) < 4.78 is 87.6. The van der Waals surface area contributed by atoms with Crippen LogP contribution in [-0.4, -0.2) is 75.0 Å². The van der Waals surface area contributed by atoms with Crippen molar-refractivity contribution in [1.29, 1.82) is 0 Å². The van der Waals surface area contributed by atoms with Crippen molar-refractivity contribution in [2.45, 2.75) is 26.1 Å². The lowest BCUT2D eigenvalue weighted by atomic mass is 10.1. The second-order valence-electron chi connectivity index (χ2n) is 8.19. The maximum atomic E-state index is 13.0. The highest BCUT2D eigenvalue weighted by Gasteiger charge is 2.32. The number of hydrogen-bond acceptors (Lipinski definition) is 8. The van der Waals surface area contributed by atoms with E-state index < -0.39 is 39.6 Å². The zero-order chi connectivity index (χ0) is 29.9. The molecule has 0 atom stereocenters. The number of hydrogen-bond donors (Lipinski definition) is 2. The molecule has 1 heterocycles. The Morgan fingerprint density at radius 1 is 1.23 bits per heavy atom. The van der Waals surface area contributed by atoms with E-state index in [1.54, 1.807) is 19.9 Å². The molecule has 1 amide bonds. The number of halogens is 4. The fourth-order valence-electron chi connectivity index (χ4n) is 2.93. The number of ether oxygens (including phenoxy) is 4. The molecule has 0 fully saturated rings. The van der Waals surface area contributed by atoms with Gasteiger partial charge in [-0.05, 0) is 32.0 Å². The number of nitrogens with zero attached hydrogens (tertiary/aromatic N) is 2. The van der Waals surface area contributed by atoms with Crippen LogP contribution in [0.2, 0.25) is 5.02 Å². The molecule has 11 nitrogen and oxygen atoms in total. The van der Waals surface area contributed by atoms with Crippen LogP contribution < -0.4 is 14.2 Å². The van der Waals surface area contributed by atoms with E-state index in [-0.39, 0.29) is 54.0 Å². The number of rotatable bonds is 15.